The van der Waals surface area contributed by atoms with Crippen LogP contribution < -0.4 is 4.74 Å². The molecule has 1 aromatic carbocycles. The third-order valence-corrected chi connectivity index (χ3v) is 5.94. The van der Waals surface area contributed by atoms with Crippen molar-refractivity contribution in [3.8, 4) is 23.1 Å². The van der Waals surface area contributed by atoms with Gasteiger partial charge < -0.3 is 14.5 Å². The molecule has 0 radical (unpaired) electrons. The number of likely N-dealkylation sites (N-methyl/N-ethyl adjacent to an activating group) is 1. The van der Waals surface area contributed by atoms with E-state index in [1.54, 1.807) is 35.2 Å². The SMILES string of the molecule is COc1ccc(-c2cc(C(F)(F)F)c(C#N)c(SCC(=O)N3CCN(C)CC3)n2)cc1. The summed E-state index contributed by atoms with van der Waals surface area (Å²) in [5.74, 6) is 0.280. The molecule has 10 heteroatoms. The Balaban J connectivity index is 1.91. The molecular formula is C21H21F3N4O2S. The second-order valence-corrected chi connectivity index (χ2v) is 8.01. The molecule has 0 saturated carbocycles. The minimum Gasteiger partial charge on any atom is -0.497 e. The summed E-state index contributed by atoms with van der Waals surface area (Å²) in [6.07, 6.45) is -4.73. The number of alkyl halides is 3. The average molecular weight is 450 g/mol. The van der Waals surface area contributed by atoms with Gasteiger partial charge in [-0.15, -0.1) is 0 Å². The van der Waals surface area contributed by atoms with Gasteiger partial charge in [0.1, 0.15) is 16.8 Å². The molecule has 0 bridgehead atoms. The number of ether oxygens (including phenoxy) is 1. The van der Waals surface area contributed by atoms with Crippen LogP contribution >= 0.6 is 11.8 Å². The van der Waals surface area contributed by atoms with E-state index in [1.165, 1.54) is 7.11 Å². The molecule has 2 heterocycles. The predicted octanol–water partition coefficient (Wildman–Crippen LogP) is 3.51. The first-order valence-corrected chi connectivity index (χ1v) is 10.5. The molecule has 1 fully saturated rings. The van der Waals surface area contributed by atoms with Gasteiger partial charge >= 0.3 is 6.18 Å². The third kappa shape index (κ3) is 5.48. The molecule has 0 atom stereocenters. The molecule has 1 amide bonds. The summed E-state index contributed by atoms with van der Waals surface area (Å²) in [6.45, 7) is 2.61. The van der Waals surface area contributed by atoms with Gasteiger partial charge in [-0.1, -0.05) is 11.8 Å². The molecule has 31 heavy (non-hydrogen) atoms. The number of nitrogens with zero attached hydrogens (tertiary/aromatic N) is 4. The van der Waals surface area contributed by atoms with Crippen molar-refractivity contribution < 1.29 is 22.7 Å². The summed E-state index contributed by atoms with van der Waals surface area (Å²) in [6, 6.07) is 8.91. The number of hydrogen-bond donors (Lipinski definition) is 0. The highest BCUT2D eigenvalue weighted by Crippen LogP contribution is 2.38. The Morgan fingerprint density at radius 1 is 1.23 bits per heavy atom. The predicted molar refractivity (Wildman–Crippen MR) is 111 cm³/mol. The number of nitriles is 1. The zero-order valence-electron chi connectivity index (χ0n) is 17.1. The molecule has 0 N–H and O–H groups in total. The maximum Gasteiger partial charge on any atom is 0.417 e. The first-order chi connectivity index (χ1) is 14.7. The number of pyridine rings is 1. The molecule has 3 rings (SSSR count). The molecule has 0 unspecified atom stereocenters. The summed E-state index contributed by atoms with van der Waals surface area (Å²) in [7, 11) is 3.45. The molecule has 1 saturated heterocycles. The highest BCUT2D eigenvalue weighted by atomic mass is 32.2. The highest BCUT2D eigenvalue weighted by Gasteiger charge is 2.36. The molecular weight excluding hydrogens is 429 g/mol. The van der Waals surface area contributed by atoms with Crippen LogP contribution in [0, 0.1) is 11.3 Å². The standard InChI is InChI=1S/C21H21F3N4O2S/c1-27-7-9-28(10-8-27)19(29)13-31-20-16(12-25)17(21(22,23)24)11-18(26-20)14-3-5-15(30-2)6-4-14/h3-6,11H,7-10,13H2,1-2H3. The third-order valence-electron chi connectivity index (χ3n) is 4.98. The number of amides is 1. The van der Waals surface area contributed by atoms with Crippen molar-refractivity contribution in [3.63, 3.8) is 0 Å². The van der Waals surface area contributed by atoms with Crippen LogP contribution in [-0.2, 0) is 11.0 Å². The Morgan fingerprint density at radius 2 is 1.87 bits per heavy atom. The molecule has 1 aliphatic rings. The smallest absolute Gasteiger partial charge is 0.417 e. The summed E-state index contributed by atoms with van der Waals surface area (Å²) >= 11 is 0.858. The first-order valence-electron chi connectivity index (χ1n) is 9.49. The van der Waals surface area contributed by atoms with Crippen LogP contribution in [0.15, 0.2) is 35.4 Å². The van der Waals surface area contributed by atoms with Crippen molar-refractivity contribution in [2.45, 2.75) is 11.2 Å². The van der Waals surface area contributed by atoms with E-state index in [1.807, 2.05) is 7.05 Å². The maximum atomic E-state index is 13.7. The Bertz CT molecular complexity index is 982. The number of rotatable bonds is 5. The largest absolute Gasteiger partial charge is 0.497 e. The minimum atomic E-state index is -4.73. The van der Waals surface area contributed by atoms with E-state index >= 15 is 0 Å². The summed E-state index contributed by atoms with van der Waals surface area (Å²) in [5, 5.41) is 9.31. The van der Waals surface area contributed by atoms with Crippen LogP contribution in [0.3, 0.4) is 0 Å². The van der Waals surface area contributed by atoms with Gasteiger partial charge in [-0.2, -0.15) is 18.4 Å². The van der Waals surface area contributed by atoms with Gasteiger partial charge in [0, 0.05) is 31.7 Å². The van der Waals surface area contributed by atoms with Crippen LogP contribution in [0.4, 0.5) is 13.2 Å². The normalized spacial score (nSPS) is 14.9. The number of carbonyl (C=O) groups excluding carboxylic acids is 1. The van der Waals surface area contributed by atoms with Gasteiger partial charge in [0.25, 0.3) is 0 Å². The maximum absolute atomic E-state index is 13.7. The molecule has 0 spiro atoms. The lowest BCUT2D eigenvalue weighted by molar-refractivity contribution is -0.138. The molecule has 1 aromatic heterocycles. The topological polar surface area (TPSA) is 69.5 Å². The van der Waals surface area contributed by atoms with Crippen LogP contribution in [-0.4, -0.2) is 66.8 Å². The molecule has 6 nitrogen and oxygen atoms in total. The molecule has 2 aromatic rings. The van der Waals surface area contributed by atoms with Crippen molar-refractivity contribution in [3.05, 3.63) is 41.5 Å². The Kier molecular flexibility index (Phi) is 7.08. The van der Waals surface area contributed by atoms with Gasteiger partial charge in [-0.3, -0.25) is 4.79 Å². The molecule has 0 aliphatic carbocycles. The zero-order chi connectivity index (χ0) is 22.6. The van der Waals surface area contributed by atoms with Crippen molar-refractivity contribution in [1.29, 1.82) is 5.26 Å². The summed E-state index contributed by atoms with van der Waals surface area (Å²) in [5.41, 5.74) is -1.11. The van der Waals surface area contributed by atoms with Crippen molar-refractivity contribution >= 4 is 17.7 Å². The number of methoxy groups -OCH3 is 1. The van der Waals surface area contributed by atoms with Gasteiger partial charge in [0.2, 0.25) is 5.91 Å². The number of halogens is 3. The van der Waals surface area contributed by atoms with Crippen LogP contribution in [0.5, 0.6) is 5.75 Å². The summed E-state index contributed by atoms with van der Waals surface area (Å²) < 4.78 is 46.1. The lowest BCUT2D eigenvalue weighted by Gasteiger charge is -2.32. The Morgan fingerprint density at radius 3 is 2.42 bits per heavy atom. The van der Waals surface area contributed by atoms with Gasteiger partial charge in [-0.25, -0.2) is 4.98 Å². The van der Waals surface area contributed by atoms with E-state index in [2.05, 4.69) is 9.88 Å². The summed E-state index contributed by atoms with van der Waals surface area (Å²) in [4.78, 5) is 20.6. The number of hydrogen-bond acceptors (Lipinski definition) is 6. The van der Waals surface area contributed by atoms with Crippen LogP contribution in [0.1, 0.15) is 11.1 Å². The van der Waals surface area contributed by atoms with Crippen LogP contribution in [0.2, 0.25) is 0 Å². The number of thioether (sulfide) groups is 1. The van der Waals surface area contributed by atoms with E-state index in [0.717, 1.165) is 30.9 Å². The fraction of sp³-hybridized carbons (Fsp3) is 0.381. The van der Waals surface area contributed by atoms with Gasteiger partial charge in [0.15, 0.2) is 0 Å². The van der Waals surface area contributed by atoms with E-state index in [0.29, 0.717) is 24.4 Å². The van der Waals surface area contributed by atoms with E-state index in [4.69, 9.17) is 4.74 Å². The van der Waals surface area contributed by atoms with E-state index < -0.39 is 17.3 Å². The number of aromatic nitrogens is 1. The Labute approximate surface area is 182 Å². The zero-order valence-corrected chi connectivity index (χ0v) is 17.9. The average Bonchev–Trinajstić information content (AvgIpc) is 2.76. The number of benzene rings is 1. The van der Waals surface area contributed by atoms with Crippen molar-refractivity contribution in [2.24, 2.45) is 0 Å². The van der Waals surface area contributed by atoms with Crippen molar-refractivity contribution in [1.82, 2.24) is 14.8 Å². The number of carbonyl (C=O) groups is 1. The van der Waals surface area contributed by atoms with Crippen molar-refractivity contribution in [2.75, 3.05) is 46.1 Å². The second-order valence-electron chi connectivity index (χ2n) is 7.05. The fourth-order valence-corrected chi connectivity index (χ4v) is 4.05. The van der Waals surface area contributed by atoms with Gasteiger partial charge in [-0.05, 0) is 37.4 Å². The fourth-order valence-electron chi connectivity index (χ4n) is 3.14. The monoisotopic (exact) mass is 450 g/mol. The number of piperazine rings is 1. The molecule has 1 aliphatic heterocycles. The van der Waals surface area contributed by atoms with Crippen LogP contribution in [0.25, 0.3) is 11.3 Å². The Hall–Kier alpha value is -2.77. The van der Waals surface area contributed by atoms with Gasteiger partial charge in [0.05, 0.1) is 29.7 Å². The second kappa shape index (κ2) is 9.58. The van der Waals surface area contributed by atoms with E-state index in [9.17, 15) is 23.2 Å². The lowest BCUT2D eigenvalue weighted by Crippen LogP contribution is -2.47. The first kappa shape index (κ1) is 22.9. The molecule has 164 valence electrons. The highest BCUT2D eigenvalue weighted by molar-refractivity contribution is 8.00. The quantitative estimate of drug-likeness (QED) is 0.650. The van der Waals surface area contributed by atoms with E-state index in [-0.39, 0.29) is 22.4 Å². The lowest BCUT2D eigenvalue weighted by atomic mass is 10.1. The minimum absolute atomic E-state index is 0.0727.